The van der Waals surface area contributed by atoms with Crippen molar-refractivity contribution in [3.05, 3.63) is 23.5 Å². The zero-order valence-corrected chi connectivity index (χ0v) is 9.12. The van der Waals surface area contributed by atoms with Gasteiger partial charge in [-0.3, -0.25) is 0 Å². The second-order valence-corrected chi connectivity index (χ2v) is 4.10. The van der Waals surface area contributed by atoms with Gasteiger partial charge < -0.3 is 9.72 Å². The number of H-pyrrole nitrogens is 1. The second kappa shape index (κ2) is 4.37. The molecule has 96 valence electrons. The minimum absolute atomic E-state index is 0.0944. The lowest BCUT2D eigenvalue weighted by Gasteiger charge is -2.19. The van der Waals surface area contributed by atoms with E-state index in [-0.39, 0.29) is 11.4 Å². The Hall–Kier alpha value is -1.97. The lowest BCUT2D eigenvalue weighted by molar-refractivity contribution is -0.210. The number of hydrogen-bond donors (Lipinski definition) is 1. The van der Waals surface area contributed by atoms with E-state index in [0.717, 1.165) is 0 Å². The summed E-state index contributed by atoms with van der Waals surface area (Å²) in [6, 6.07) is 4.26. The summed E-state index contributed by atoms with van der Waals surface area (Å²) in [6.07, 6.45) is -5.79. The second-order valence-electron chi connectivity index (χ2n) is 4.10. The number of nitriles is 1. The minimum atomic E-state index is -4.55. The van der Waals surface area contributed by atoms with E-state index in [0.29, 0.717) is 12.8 Å². The van der Waals surface area contributed by atoms with Crippen LogP contribution in [0.15, 0.2) is 12.1 Å². The Morgan fingerprint density at radius 3 is 2.61 bits per heavy atom. The average molecular weight is 258 g/mol. The Labute approximate surface area is 100 Å². The zero-order chi connectivity index (χ0) is 13.3. The van der Waals surface area contributed by atoms with Crippen LogP contribution in [0, 0.1) is 17.2 Å². The molecule has 0 amide bonds. The first-order valence-electron chi connectivity index (χ1n) is 5.28. The Balaban J connectivity index is 2.08. The van der Waals surface area contributed by atoms with Crippen molar-refractivity contribution in [1.29, 1.82) is 5.26 Å². The number of carbonyl (C=O) groups excluding carboxylic acids is 1. The summed E-state index contributed by atoms with van der Waals surface area (Å²) in [5.41, 5.74) is -0.0571. The number of alkyl halides is 3. The number of nitrogens with zero attached hydrogens (tertiary/aromatic N) is 1. The summed E-state index contributed by atoms with van der Waals surface area (Å²) in [5, 5.41) is 8.53. The highest BCUT2D eigenvalue weighted by Gasteiger charge is 2.51. The van der Waals surface area contributed by atoms with Gasteiger partial charge in [-0.25, -0.2) is 4.79 Å². The number of ether oxygens (including phenoxy) is 1. The first-order valence-corrected chi connectivity index (χ1v) is 5.28. The van der Waals surface area contributed by atoms with Crippen LogP contribution in [0.25, 0.3) is 0 Å². The van der Waals surface area contributed by atoms with E-state index in [2.05, 4.69) is 9.72 Å². The highest BCUT2D eigenvalue weighted by molar-refractivity contribution is 5.87. The number of rotatable bonds is 3. The predicted octanol–water partition coefficient (Wildman–Crippen LogP) is 2.38. The van der Waals surface area contributed by atoms with Crippen LogP contribution < -0.4 is 0 Å². The van der Waals surface area contributed by atoms with Crippen molar-refractivity contribution in [2.45, 2.75) is 25.1 Å². The van der Waals surface area contributed by atoms with Crippen molar-refractivity contribution in [3.8, 4) is 6.07 Å². The van der Waals surface area contributed by atoms with Gasteiger partial charge in [-0.1, -0.05) is 0 Å². The summed E-state index contributed by atoms with van der Waals surface area (Å²) in [6.45, 7) is 0. The molecule has 0 spiro atoms. The third-order valence-electron chi connectivity index (χ3n) is 2.63. The SMILES string of the molecule is N#Cc1ccc(C(=O)O[C@H](C2CC2)C(F)(F)F)[nH]1. The molecule has 0 aliphatic heterocycles. The number of carbonyl (C=O) groups is 1. The molecule has 0 saturated heterocycles. The van der Waals surface area contributed by atoms with E-state index < -0.39 is 24.2 Å². The molecule has 1 fully saturated rings. The quantitative estimate of drug-likeness (QED) is 0.846. The van der Waals surface area contributed by atoms with Crippen molar-refractivity contribution < 1.29 is 22.7 Å². The molecule has 1 aromatic rings. The fourth-order valence-corrected chi connectivity index (χ4v) is 1.59. The van der Waals surface area contributed by atoms with Gasteiger partial charge in [0.15, 0.2) is 6.10 Å². The van der Waals surface area contributed by atoms with Gasteiger partial charge in [0, 0.05) is 5.92 Å². The first-order chi connectivity index (χ1) is 8.41. The van der Waals surface area contributed by atoms with Gasteiger partial charge in [-0.2, -0.15) is 18.4 Å². The molecule has 1 aromatic heterocycles. The lowest BCUT2D eigenvalue weighted by atomic mass is 10.2. The molecule has 1 aliphatic carbocycles. The van der Waals surface area contributed by atoms with Crippen molar-refractivity contribution >= 4 is 5.97 Å². The van der Waals surface area contributed by atoms with Gasteiger partial charge in [0.1, 0.15) is 17.5 Å². The molecule has 18 heavy (non-hydrogen) atoms. The van der Waals surface area contributed by atoms with Gasteiger partial charge in [0.2, 0.25) is 0 Å². The van der Waals surface area contributed by atoms with E-state index in [4.69, 9.17) is 5.26 Å². The molecular weight excluding hydrogens is 249 g/mol. The van der Waals surface area contributed by atoms with E-state index in [9.17, 15) is 18.0 Å². The summed E-state index contributed by atoms with van der Waals surface area (Å²) < 4.78 is 42.3. The van der Waals surface area contributed by atoms with Crippen LogP contribution in [-0.4, -0.2) is 23.2 Å². The third-order valence-corrected chi connectivity index (χ3v) is 2.63. The first kappa shape index (κ1) is 12.5. The van der Waals surface area contributed by atoms with Crippen molar-refractivity contribution in [2.24, 2.45) is 5.92 Å². The van der Waals surface area contributed by atoms with E-state index in [1.807, 2.05) is 0 Å². The standard InChI is InChI=1S/C11H9F3N2O2/c12-11(13,14)9(6-1-2-6)18-10(17)8-4-3-7(5-15)16-8/h3-4,6,9,16H,1-2H2/t9-/m1/s1. The molecule has 0 radical (unpaired) electrons. The van der Waals surface area contributed by atoms with Gasteiger partial charge in [0.05, 0.1) is 0 Å². The smallest absolute Gasteiger partial charge is 0.425 e. The number of halogens is 3. The van der Waals surface area contributed by atoms with Crippen molar-refractivity contribution in [1.82, 2.24) is 4.98 Å². The Morgan fingerprint density at radius 2 is 2.17 bits per heavy atom. The molecule has 1 atom stereocenters. The molecule has 1 saturated carbocycles. The average Bonchev–Trinajstić information content (AvgIpc) is 3.00. The monoisotopic (exact) mass is 258 g/mol. The highest BCUT2D eigenvalue weighted by Crippen LogP contribution is 2.42. The molecule has 2 rings (SSSR count). The van der Waals surface area contributed by atoms with Gasteiger partial charge in [-0.15, -0.1) is 0 Å². The molecule has 0 aromatic carbocycles. The summed E-state index contributed by atoms with van der Waals surface area (Å²) in [7, 11) is 0. The molecule has 1 N–H and O–H groups in total. The van der Waals surface area contributed by atoms with Crippen molar-refractivity contribution in [2.75, 3.05) is 0 Å². The van der Waals surface area contributed by atoms with E-state index >= 15 is 0 Å². The van der Waals surface area contributed by atoms with E-state index in [1.54, 1.807) is 6.07 Å². The summed E-state index contributed by atoms with van der Waals surface area (Å²) in [5.74, 6) is -1.73. The van der Waals surface area contributed by atoms with Crippen LogP contribution in [0.4, 0.5) is 13.2 Å². The van der Waals surface area contributed by atoms with Gasteiger partial charge in [0.25, 0.3) is 0 Å². The Kier molecular flexibility index (Phi) is 3.03. The van der Waals surface area contributed by atoms with Gasteiger partial charge >= 0.3 is 12.1 Å². The number of aromatic amines is 1. The summed E-state index contributed by atoms with van der Waals surface area (Å²) >= 11 is 0. The molecule has 1 aliphatic rings. The Morgan fingerprint density at radius 1 is 1.50 bits per heavy atom. The third kappa shape index (κ3) is 2.64. The molecule has 7 heteroatoms. The normalized spacial score (nSPS) is 17.0. The van der Waals surface area contributed by atoms with Crippen LogP contribution in [-0.2, 0) is 4.74 Å². The number of esters is 1. The lowest BCUT2D eigenvalue weighted by Crippen LogP contribution is -2.35. The van der Waals surface area contributed by atoms with Crippen LogP contribution in [0.5, 0.6) is 0 Å². The fourth-order valence-electron chi connectivity index (χ4n) is 1.59. The summed E-state index contributed by atoms with van der Waals surface area (Å²) in [4.78, 5) is 13.9. The number of hydrogen-bond acceptors (Lipinski definition) is 3. The minimum Gasteiger partial charge on any atom is -0.448 e. The van der Waals surface area contributed by atoms with Crippen LogP contribution in [0.2, 0.25) is 0 Å². The van der Waals surface area contributed by atoms with Crippen LogP contribution >= 0.6 is 0 Å². The topological polar surface area (TPSA) is 65.9 Å². The van der Waals surface area contributed by atoms with E-state index in [1.165, 1.54) is 12.1 Å². The molecule has 0 bridgehead atoms. The molecular formula is C11H9F3N2O2. The molecule has 1 heterocycles. The maximum Gasteiger partial charge on any atom is 0.425 e. The molecule has 4 nitrogen and oxygen atoms in total. The predicted molar refractivity (Wildman–Crippen MR) is 53.5 cm³/mol. The Bertz CT molecular complexity index is 497. The highest BCUT2D eigenvalue weighted by atomic mass is 19.4. The number of nitrogens with one attached hydrogen (secondary N) is 1. The maximum absolute atomic E-state index is 12.6. The zero-order valence-electron chi connectivity index (χ0n) is 9.12. The van der Waals surface area contributed by atoms with Crippen LogP contribution in [0.3, 0.4) is 0 Å². The van der Waals surface area contributed by atoms with Crippen molar-refractivity contribution in [3.63, 3.8) is 0 Å². The van der Waals surface area contributed by atoms with Crippen LogP contribution in [0.1, 0.15) is 29.0 Å². The molecule has 0 unspecified atom stereocenters. The largest absolute Gasteiger partial charge is 0.448 e. The number of aromatic nitrogens is 1. The van der Waals surface area contributed by atoms with Gasteiger partial charge in [-0.05, 0) is 25.0 Å². The maximum atomic E-state index is 12.6. The fraction of sp³-hybridized carbons (Fsp3) is 0.455.